The van der Waals surface area contributed by atoms with Crippen LogP contribution in [0.4, 0.5) is 4.79 Å². The molecule has 0 bridgehead atoms. The maximum atomic E-state index is 14.4. The van der Waals surface area contributed by atoms with E-state index in [0.29, 0.717) is 180 Å². The maximum Gasteiger partial charge on any atom is 0.509 e. The highest BCUT2D eigenvalue weighted by atomic mass is 32.1. The lowest BCUT2D eigenvalue weighted by atomic mass is 9.85. The molecule has 1 aromatic carbocycles. The van der Waals surface area contributed by atoms with E-state index in [2.05, 4.69) is 33.3 Å². The second-order valence-corrected chi connectivity index (χ2v) is 21.5. The van der Waals surface area contributed by atoms with E-state index in [1.54, 1.807) is 29.7 Å². The highest BCUT2D eigenvalue weighted by molar-refractivity contribution is 7.81. The lowest BCUT2D eigenvalue weighted by molar-refractivity contribution is -0.175. The number of azide groups is 1. The smallest absolute Gasteiger partial charge is 0.509 e. The minimum absolute atomic E-state index is 0.110. The monoisotopic (exact) mass is 1270 g/mol. The van der Waals surface area contributed by atoms with Gasteiger partial charge < -0.3 is 76.7 Å². The number of rotatable bonds is 51. The quantitative estimate of drug-likeness (QED) is 0.00904. The number of ketones is 2. The van der Waals surface area contributed by atoms with Crippen molar-refractivity contribution in [2.45, 2.75) is 111 Å². The zero-order valence-electron chi connectivity index (χ0n) is 54.1. The number of amides is 1. The van der Waals surface area contributed by atoms with Gasteiger partial charge in [0.15, 0.2) is 11.6 Å². The average molecular weight is 1270 g/mol. The van der Waals surface area contributed by atoms with Crippen LogP contribution < -0.4 is 20.8 Å². The molecule has 3 unspecified atom stereocenters. The molecular formula is C61H92BN7O19S. The fraction of sp³-hybridized carbons (Fsp3) is 0.689. The van der Waals surface area contributed by atoms with Crippen molar-refractivity contribution in [2.75, 3.05) is 151 Å². The molecule has 3 aromatic rings. The minimum atomic E-state index is -2.06. The zero-order chi connectivity index (χ0) is 65.6. The fourth-order valence-electron chi connectivity index (χ4n) is 9.88. The number of cyclic esters (lactones) is 1. The van der Waals surface area contributed by atoms with Crippen molar-refractivity contribution in [3.8, 4) is 17.1 Å². The number of carbonyl (C=O) groups is 5. The predicted octanol–water partition coefficient (Wildman–Crippen LogP) is 5.73. The van der Waals surface area contributed by atoms with E-state index in [1.165, 1.54) is 0 Å². The number of carbonyl (C=O) groups excluding carboxylic acids is 5. The number of hydrogen-bond acceptors (Lipinski definition) is 23. The number of esters is 1. The van der Waals surface area contributed by atoms with Gasteiger partial charge in [0.1, 0.15) is 26.4 Å². The number of benzene rings is 1. The number of hydrogen-bond donors (Lipinski definition) is 3. The molecule has 0 spiro atoms. The van der Waals surface area contributed by atoms with Crippen LogP contribution >= 0.6 is 12.6 Å². The lowest BCUT2D eigenvalue weighted by Gasteiger charge is -2.35. The second kappa shape index (κ2) is 42.3. The molecule has 1 amide bonds. The first-order valence-electron chi connectivity index (χ1n) is 32.0. The van der Waals surface area contributed by atoms with E-state index < -0.39 is 48.6 Å². The van der Waals surface area contributed by atoms with Gasteiger partial charge in [0, 0.05) is 61.7 Å². The van der Waals surface area contributed by atoms with E-state index in [-0.39, 0.29) is 93.4 Å². The molecule has 4 heterocycles. The molecule has 2 aliphatic heterocycles. The molecule has 0 radical (unpaired) electrons. The number of aromatic nitrogens is 2. The molecular weight excluding hydrogens is 1180 g/mol. The second-order valence-electron chi connectivity index (χ2n) is 21.2. The van der Waals surface area contributed by atoms with Crippen LogP contribution in [0.5, 0.6) is 5.75 Å². The summed E-state index contributed by atoms with van der Waals surface area (Å²) in [6.45, 7) is 14.3. The third kappa shape index (κ3) is 24.8. The molecule has 494 valence electrons. The van der Waals surface area contributed by atoms with E-state index in [9.17, 15) is 28.8 Å². The first-order chi connectivity index (χ1) is 44.2. The highest BCUT2D eigenvalue weighted by Gasteiger charge is 2.51. The van der Waals surface area contributed by atoms with Gasteiger partial charge in [-0.2, -0.15) is 12.6 Å². The Morgan fingerprint density at radius 2 is 1.48 bits per heavy atom. The van der Waals surface area contributed by atoms with Gasteiger partial charge >= 0.3 is 19.6 Å². The molecule has 2 aromatic heterocycles. The summed E-state index contributed by atoms with van der Waals surface area (Å²) < 4.78 is 89.1. The van der Waals surface area contributed by atoms with Crippen molar-refractivity contribution in [3.63, 3.8) is 0 Å². The van der Waals surface area contributed by atoms with Gasteiger partial charge in [0.25, 0.3) is 5.56 Å². The van der Waals surface area contributed by atoms with Crippen LogP contribution in [-0.4, -0.2) is 205 Å². The molecule has 0 aliphatic carbocycles. The topological polar surface area (TPSA) is 313 Å². The van der Waals surface area contributed by atoms with Gasteiger partial charge in [-0.15, -0.1) is 0 Å². The Morgan fingerprint density at radius 1 is 0.854 bits per heavy atom. The van der Waals surface area contributed by atoms with E-state index in [0.717, 1.165) is 16.5 Å². The SMILES string of the molecule is [2H]B(CS)Oc1ccc2nc3c(c(CC)c2c1)Cn1c-3cc2c(c1=O)COC(=O)C2(CC)OC(=O)OCC(NC(=O)C(CCCCNCC[3H])CC(=O)COCC(=O)CCCOCCOCCOCCOCCOCCOCCOCCOCCN=[N+]=[N-])C(C)C. The van der Waals surface area contributed by atoms with Gasteiger partial charge in [0.05, 0.1) is 140 Å². The third-order valence-electron chi connectivity index (χ3n) is 14.6. The first kappa shape index (κ1) is 70.7. The van der Waals surface area contributed by atoms with Crippen molar-refractivity contribution < 1.29 is 86.8 Å². The Morgan fingerprint density at radius 3 is 2.08 bits per heavy atom. The highest BCUT2D eigenvalue weighted by Crippen LogP contribution is 2.42. The first-order valence-corrected chi connectivity index (χ1v) is 31.3. The van der Waals surface area contributed by atoms with Crippen LogP contribution in [0.15, 0.2) is 34.2 Å². The van der Waals surface area contributed by atoms with Gasteiger partial charge in [0.2, 0.25) is 11.5 Å². The predicted molar refractivity (Wildman–Crippen MR) is 334 cm³/mol. The molecule has 28 heteroatoms. The third-order valence-corrected chi connectivity index (χ3v) is 14.8. The summed E-state index contributed by atoms with van der Waals surface area (Å²) in [4.78, 5) is 89.6. The number of pyridine rings is 2. The van der Waals surface area contributed by atoms with E-state index in [1.807, 2.05) is 26.8 Å². The van der Waals surface area contributed by atoms with Gasteiger partial charge in [-0.1, -0.05) is 46.1 Å². The van der Waals surface area contributed by atoms with Crippen molar-refractivity contribution in [3.05, 3.63) is 67.3 Å². The molecule has 26 nitrogen and oxygen atoms in total. The van der Waals surface area contributed by atoms with Gasteiger partial charge in [-0.25, -0.2) is 14.6 Å². The Balaban J connectivity index is 0.991. The summed E-state index contributed by atoms with van der Waals surface area (Å²) in [6.07, 6.45) is 1.34. The molecule has 5 rings (SSSR count). The normalized spacial score (nSPS) is 15.1. The number of ether oxygens (including phenoxy) is 12. The number of nitrogens with one attached hydrogen (secondary N) is 2. The number of nitrogens with zero attached hydrogens (tertiary/aromatic N) is 5. The van der Waals surface area contributed by atoms with Crippen molar-refractivity contribution >= 4 is 60.6 Å². The molecule has 2 aliphatic rings. The molecule has 0 fully saturated rings. The molecule has 2 N–H and O–H groups in total. The largest absolute Gasteiger partial charge is 0.563 e. The van der Waals surface area contributed by atoms with Gasteiger partial charge in [-0.05, 0) is 86.5 Å². The average Bonchev–Trinajstić information content (AvgIpc) is 1.65. The van der Waals surface area contributed by atoms with Crippen molar-refractivity contribution in [1.29, 1.82) is 1.34 Å². The molecule has 0 saturated carbocycles. The van der Waals surface area contributed by atoms with Crippen LogP contribution in [0.25, 0.3) is 32.7 Å². The minimum Gasteiger partial charge on any atom is -0.563 e. The molecule has 0 saturated heterocycles. The van der Waals surface area contributed by atoms with Gasteiger partial charge in [-0.3, -0.25) is 19.2 Å². The van der Waals surface area contributed by atoms with Crippen LogP contribution in [0.2, 0.25) is 0 Å². The Bertz CT molecular complexity index is 2860. The van der Waals surface area contributed by atoms with Crippen LogP contribution in [-0.2, 0) is 101 Å². The Kier molecular flexibility index (Phi) is 33.6. The maximum absolute atomic E-state index is 14.4. The summed E-state index contributed by atoms with van der Waals surface area (Å²) in [6, 6.07) is 6.26. The Labute approximate surface area is 530 Å². The molecule has 89 heavy (non-hydrogen) atoms. The number of unbranched alkanes of at least 4 members (excludes halogenated alkanes) is 1. The zero-order valence-corrected chi connectivity index (χ0v) is 53.0. The van der Waals surface area contributed by atoms with Crippen LogP contribution in [0, 0.1) is 11.8 Å². The van der Waals surface area contributed by atoms with E-state index in [4.69, 9.17) is 74.7 Å². The van der Waals surface area contributed by atoms with E-state index >= 15 is 0 Å². The summed E-state index contributed by atoms with van der Waals surface area (Å²) in [5, 5.41) is 10.3. The summed E-state index contributed by atoms with van der Waals surface area (Å²) in [5.41, 5.74) is 9.61. The summed E-state index contributed by atoms with van der Waals surface area (Å²) >= 11 is 4.17. The van der Waals surface area contributed by atoms with Crippen molar-refractivity contribution in [1.82, 2.24) is 20.2 Å². The van der Waals surface area contributed by atoms with Crippen LogP contribution in [0.1, 0.15) is 103 Å². The summed E-state index contributed by atoms with van der Waals surface area (Å²) in [5.74, 6) is -2.47. The number of Topliss-reactive ketones (excluding diaryl/α,β-unsaturated/α-hetero) is 2. The fourth-order valence-corrected chi connectivity index (χ4v) is 9.95. The lowest BCUT2D eigenvalue weighted by Crippen LogP contribution is -2.48. The Hall–Kier alpha value is -5.75. The van der Waals surface area contributed by atoms with Crippen molar-refractivity contribution in [2.24, 2.45) is 17.0 Å². The standard InChI is InChI=1S/C61H92BN7O19S/c1-6-48-49-35-47(88-62-42-89)14-15-53(49)66-56-50(48)37-69-55(56)36-52-51(58(69)73)40-85-59(74)61(52,7-2)87-60(75)86-41-54(43(4)5)67-57(72)44(12-9-10-16-64-8-3)34-46(71)39-84-38-45(70)13-11-18-76-20-22-78-24-26-80-28-30-82-32-33-83-31-29-81-27-25-79-23-21-77-19-17-65-68-63/h14-15,35-36,43-44,54,62,64,89H,6-13,16-34,37-42H2,1-5H3,(H,67,72)/i3T,62D. The number of aryl methyl sites for hydroxylation is 1. The number of thiol groups is 1. The number of fused-ring (bicyclic) bond motifs is 5. The van der Waals surface area contributed by atoms with Crippen LogP contribution in [0.3, 0.4) is 0 Å². The summed E-state index contributed by atoms with van der Waals surface area (Å²) in [7, 11) is -0.863. The molecule has 3 atom stereocenters.